The molecule has 0 aromatic heterocycles. The van der Waals surface area contributed by atoms with E-state index in [1.54, 1.807) is 24.3 Å². The SMILES string of the molecule is COc1cccc(C=NNC(=O)C(=O)Nc2ccc(C)cc2C)c1OC. The largest absolute Gasteiger partial charge is 0.493 e. The van der Waals surface area contributed by atoms with Crippen molar-refractivity contribution in [2.75, 3.05) is 19.5 Å². The van der Waals surface area contributed by atoms with Crippen LogP contribution in [-0.2, 0) is 9.59 Å². The first-order valence-electron chi connectivity index (χ1n) is 7.89. The van der Waals surface area contributed by atoms with Crippen molar-refractivity contribution in [3.05, 3.63) is 53.1 Å². The maximum Gasteiger partial charge on any atom is 0.329 e. The predicted octanol–water partition coefficient (Wildman–Crippen LogP) is 2.41. The number of hydrazone groups is 1. The summed E-state index contributed by atoms with van der Waals surface area (Å²) in [6.45, 7) is 3.81. The monoisotopic (exact) mass is 355 g/mol. The van der Waals surface area contributed by atoms with Crippen molar-refractivity contribution in [3.63, 3.8) is 0 Å². The summed E-state index contributed by atoms with van der Waals surface area (Å²) < 4.78 is 10.5. The number of benzene rings is 2. The van der Waals surface area contributed by atoms with Gasteiger partial charge in [-0.1, -0.05) is 23.8 Å². The third-order valence-electron chi connectivity index (χ3n) is 3.64. The van der Waals surface area contributed by atoms with Gasteiger partial charge in [-0.15, -0.1) is 0 Å². The molecule has 0 aliphatic heterocycles. The second-order valence-electron chi connectivity index (χ2n) is 5.55. The summed E-state index contributed by atoms with van der Waals surface area (Å²) in [5.41, 5.74) is 5.31. The lowest BCUT2D eigenvalue weighted by Crippen LogP contribution is -2.32. The van der Waals surface area contributed by atoms with Crippen LogP contribution in [-0.4, -0.2) is 32.2 Å². The van der Waals surface area contributed by atoms with E-state index in [-0.39, 0.29) is 0 Å². The van der Waals surface area contributed by atoms with E-state index in [0.29, 0.717) is 22.7 Å². The number of para-hydroxylation sites is 1. The molecule has 0 aliphatic carbocycles. The van der Waals surface area contributed by atoms with Crippen molar-refractivity contribution in [1.29, 1.82) is 0 Å². The number of rotatable bonds is 5. The summed E-state index contributed by atoms with van der Waals surface area (Å²) in [7, 11) is 3.03. The second kappa shape index (κ2) is 8.66. The summed E-state index contributed by atoms with van der Waals surface area (Å²) in [6, 6.07) is 10.8. The number of carbonyl (C=O) groups excluding carboxylic acids is 2. The van der Waals surface area contributed by atoms with Crippen molar-refractivity contribution < 1.29 is 19.1 Å². The quantitative estimate of drug-likeness (QED) is 0.490. The molecule has 0 atom stereocenters. The molecule has 2 aromatic carbocycles. The Bertz CT molecular complexity index is 847. The molecule has 7 nitrogen and oxygen atoms in total. The van der Waals surface area contributed by atoms with Crippen LogP contribution in [0.25, 0.3) is 0 Å². The van der Waals surface area contributed by atoms with E-state index in [4.69, 9.17) is 9.47 Å². The molecule has 2 N–H and O–H groups in total. The number of ether oxygens (including phenoxy) is 2. The molecule has 0 spiro atoms. The third-order valence-corrected chi connectivity index (χ3v) is 3.64. The average Bonchev–Trinajstić information content (AvgIpc) is 2.63. The van der Waals surface area contributed by atoms with Crippen LogP contribution < -0.4 is 20.2 Å². The lowest BCUT2D eigenvalue weighted by atomic mass is 10.1. The Morgan fingerprint density at radius 2 is 1.81 bits per heavy atom. The fourth-order valence-electron chi connectivity index (χ4n) is 2.36. The molecule has 2 rings (SSSR count). The molecule has 26 heavy (non-hydrogen) atoms. The first-order valence-corrected chi connectivity index (χ1v) is 7.89. The number of aryl methyl sites for hydroxylation is 2. The number of nitrogens with one attached hydrogen (secondary N) is 2. The van der Waals surface area contributed by atoms with Gasteiger partial charge >= 0.3 is 11.8 Å². The Morgan fingerprint density at radius 3 is 2.46 bits per heavy atom. The van der Waals surface area contributed by atoms with Crippen molar-refractivity contribution >= 4 is 23.7 Å². The van der Waals surface area contributed by atoms with Crippen molar-refractivity contribution in [2.45, 2.75) is 13.8 Å². The second-order valence-corrected chi connectivity index (χ2v) is 5.55. The van der Waals surface area contributed by atoms with Gasteiger partial charge in [0.2, 0.25) is 0 Å². The predicted molar refractivity (Wildman–Crippen MR) is 99.8 cm³/mol. The van der Waals surface area contributed by atoms with Crippen molar-refractivity contribution in [2.24, 2.45) is 5.10 Å². The maximum absolute atomic E-state index is 12.0. The van der Waals surface area contributed by atoms with E-state index in [1.165, 1.54) is 20.4 Å². The zero-order valence-corrected chi connectivity index (χ0v) is 15.1. The van der Waals surface area contributed by atoms with E-state index >= 15 is 0 Å². The van der Waals surface area contributed by atoms with E-state index in [0.717, 1.165) is 11.1 Å². The smallest absolute Gasteiger partial charge is 0.329 e. The van der Waals surface area contributed by atoms with Gasteiger partial charge in [-0.25, -0.2) is 5.43 Å². The molecule has 0 radical (unpaired) electrons. The number of methoxy groups -OCH3 is 2. The van der Waals surface area contributed by atoms with E-state index in [2.05, 4.69) is 15.8 Å². The molecular formula is C19H21N3O4. The minimum atomic E-state index is -0.872. The van der Waals surface area contributed by atoms with Crippen LogP contribution in [0.5, 0.6) is 11.5 Å². The lowest BCUT2D eigenvalue weighted by Gasteiger charge is -2.09. The van der Waals surface area contributed by atoms with Crippen molar-refractivity contribution in [3.8, 4) is 11.5 Å². The fourth-order valence-corrected chi connectivity index (χ4v) is 2.36. The van der Waals surface area contributed by atoms with Crippen LogP contribution in [0.1, 0.15) is 16.7 Å². The molecule has 0 aliphatic rings. The number of amides is 2. The van der Waals surface area contributed by atoms with E-state index in [1.807, 2.05) is 26.0 Å². The summed E-state index contributed by atoms with van der Waals surface area (Å²) in [5, 5.41) is 6.36. The molecule has 7 heteroatoms. The van der Waals surface area contributed by atoms with Gasteiger partial charge in [0, 0.05) is 11.3 Å². The normalized spacial score (nSPS) is 10.5. The highest BCUT2D eigenvalue weighted by atomic mass is 16.5. The van der Waals surface area contributed by atoms with E-state index in [9.17, 15) is 9.59 Å². The first kappa shape index (κ1) is 19.0. The Balaban J connectivity index is 2.02. The van der Waals surface area contributed by atoms with Gasteiger partial charge in [0.25, 0.3) is 0 Å². The first-order chi connectivity index (χ1) is 12.5. The number of nitrogens with zero attached hydrogens (tertiary/aromatic N) is 1. The molecule has 2 amide bonds. The average molecular weight is 355 g/mol. The zero-order valence-electron chi connectivity index (χ0n) is 15.1. The Kier molecular flexibility index (Phi) is 6.32. The molecule has 0 bridgehead atoms. The van der Waals surface area contributed by atoms with E-state index < -0.39 is 11.8 Å². The zero-order chi connectivity index (χ0) is 19.1. The highest BCUT2D eigenvalue weighted by Gasteiger charge is 2.14. The topological polar surface area (TPSA) is 89.0 Å². The maximum atomic E-state index is 12.0. The number of hydrogen-bond donors (Lipinski definition) is 2. The van der Waals surface area contributed by atoms with Gasteiger partial charge in [-0.05, 0) is 37.6 Å². The molecule has 0 fully saturated rings. The molecule has 0 saturated heterocycles. The molecule has 0 saturated carbocycles. The third kappa shape index (κ3) is 4.60. The van der Waals surface area contributed by atoms with Crippen molar-refractivity contribution in [1.82, 2.24) is 5.43 Å². The van der Waals surface area contributed by atoms with Crippen LogP contribution in [0.4, 0.5) is 5.69 Å². The summed E-state index contributed by atoms with van der Waals surface area (Å²) in [6.07, 6.45) is 1.38. The fraction of sp³-hybridized carbons (Fsp3) is 0.211. The van der Waals surface area contributed by atoms with Crippen LogP contribution >= 0.6 is 0 Å². The Labute approximate surface area is 152 Å². The number of carbonyl (C=O) groups is 2. The molecular weight excluding hydrogens is 334 g/mol. The minimum Gasteiger partial charge on any atom is -0.493 e. The van der Waals surface area contributed by atoms with Crippen LogP contribution in [0.15, 0.2) is 41.5 Å². The van der Waals surface area contributed by atoms with Gasteiger partial charge in [-0.3, -0.25) is 9.59 Å². The molecule has 0 unspecified atom stereocenters. The van der Waals surface area contributed by atoms with Gasteiger partial charge in [-0.2, -0.15) is 5.10 Å². The van der Waals surface area contributed by atoms with Gasteiger partial charge < -0.3 is 14.8 Å². The van der Waals surface area contributed by atoms with Gasteiger partial charge in [0.05, 0.1) is 20.4 Å². The van der Waals surface area contributed by atoms with Gasteiger partial charge in [0.1, 0.15) is 0 Å². The Morgan fingerprint density at radius 1 is 1.04 bits per heavy atom. The van der Waals surface area contributed by atoms with Crippen LogP contribution in [0.3, 0.4) is 0 Å². The van der Waals surface area contributed by atoms with Crippen LogP contribution in [0, 0.1) is 13.8 Å². The molecule has 2 aromatic rings. The summed E-state index contributed by atoms with van der Waals surface area (Å²) >= 11 is 0. The lowest BCUT2D eigenvalue weighted by molar-refractivity contribution is -0.136. The minimum absolute atomic E-state index is 0.479. The standard InChI is InChI=1S/C19H21N3O4/c1-12-8-9-15(13(2)10-12)21-18(23)19(24)22-20-11-14-6-5-7-16(25-3)17(14)26-4/h5-11H,1-4H3,(H,21,23)(H,22,24). The highest BCUT2D eigenvalue weighted by Crippen LogP contribution is 2.29. The molecule has 136 valence electrons. The van der Waals surface area contributed by atoms with Gasteiger partial charge in [0.15, 0.2) is 11.5 Å². The van der Waals surface area contributed by atoms with Crippen LogP contribution in [0.2, 0.25) is 0 Å². The highest BCUT2D eigenvalue weighted by molar-refractivity contribution is 6.39. The summed E-state index contributed by atoms with van der Waals surface area (Å²) in [5.74, 6) is -0.655. The number of hydrogen-bond acceptors (Lipinski definition) is 5. The molecule has 0 heterocycles. The Hall–Kier alpha value is -3.35. The number of anilines is 1. The summed E-state index contributed by atoms with van der Waals surface area (Å²) in [4.78, 5) is 23.9.